The highest BCUT2D eigenvalue weighted by atomic mass is 32.1. The van der Waals surface area contributed by atoms with Crippen molar-refractivity contribution in [2.75, 3.05) is 5.32 Å². The van der Waals surface area contributed by atoms with Crippen molar-refractivity contribution in [2.24, 2.45) is 7.05 Å². The topological polar surface area (TPSA) is 73.0 Å². The van der Waals surface area contributed by atoms with Crippen LogP contribution >= 0.6 is 11.3 Å². The maximum atomic E-state index is 12.5. The maximum Gasteiger partial charge on any atom is 0.293 e. The van der Waals surface area contributed by atoms with Gasteiger partial charge < -0.3 is 8.98 Å². The number of hydrogen-bond donors (Lipinski definition) is 1. The number of furan rings is 1. The molecule has 0 radical (unpaired) electrons. The highest BCUT2D eigenvalue weighted by Crippen LogP contribution is 2.38. The van der Waals surface area contributed by atoms with Crippen molar-refractivity contribution < 1.29 is 9.21 Å². The van der Waals surface area contributed by atoms with Crippen LogP contribution in [-0.2, 0) is 13.5 Å². The molecule has 0 saturated heterocycles. The number of thiazole rings is 1. The SMILES string of the molecule is CCc1ccc(C(=O)Nc2nc(-c3ccccc3)c(-c3nccn3C)s2)o1. The third kappa shape index (κ3) is 3.41. The Balaban J connectivity index is 1.71. The van der Waals surface area contributed by atoms with Gasteiger partial charge in [-0.05, 0) is 12.1 Å². The molecule has 1 aromatic carbocycles. The highest BCUT2D eigenvalue weighted by Gasteiger charge is 2.20. The zero-order valence-electron chi connectivity index (χ0n) is 15.0. The quantitative estimate of drug-likeness (QED) is 0.550. The van der Waals surface area contributed by atoms with Gasteiger partial charge in [0.1, 0.15) is 5.76 Å². The third-order valence-electron chi connectivity index (χ3n) is 4.15. The summed E-state index contributed by atoms with van der Waals surface area (Å²) < 4.78 is 7.46. The predicted molar refractivity (Wildman–Crippen MR) is 106 cm³/mol. The number of hydrogen-bond acceptors (Lipinski definition) is 5. The molecule has 0 aliphatic heterocycles. The summed E-state index contributed by atoms with van der Waals surface area (Å²) in [5, 5.41) is 3.35. The van der Waals surface area contributed by atoms with Gasteiger partial charge in [0, 0.05) is 31.4 Å². The van der Waals surface area contributed by atoms with E-state index in [1.165, 1.54) is 11.3 Å². The Bertz CT molecular complexity index is 1080. The van der Waals surface area contributed by atoms with Crippen LogP contribution < -0.4 is 5.32 Å². The molecule has 0 unspecified atom stereocenters. The van der Waals surface area contributed by atoms with E-state index in [0.29, 0.717) is 5.13 Å². The third-order valence-corrected chi connectivity index (χ3v) is 5.12. The smallest absolute Gasteiger partial charge is 0.293 e. The number of nitrogens with zero attached hydrogens (tertiary/aromatic N) is 3. The molecule has 0 atom stereocenters. The van der Waals surface area contributed by atoms with Gasteiger partial charge in [-0.1, -0.05) is 48.6 Å². The van der Waals surface area contributed by atoms with E-state index in [1.807, 2.05) is 61.1 Å². The van der Waals surface area contributed by atoms with Gasteiger partial charge >= 0.3 is 0 Å². The van der Waals surface area contributed by atoms with Crippen LogP contribution in [0.1, 0.15) is 23.2 Å². The fraction of sp³-hybridized carbons (Fsp3) is 0.150. The average Bonchev–Trinajstić information content (AvgIpc) is 3.41. The van der Waals surface area contributed by atoms with Gasteiger partial charge in [-0.3, -0.25) is 10.1 Å². The number of aryl methyl sites for hydroxylation is 2. The van der Waals surface area contributed by atoms with Crippen molar-refractivity contribution in [1.82, 2.24) is 14.5 Å². The van der Waals surface area contributed by atoms with Gasteiger partial charge in [-0.15, -0.1) is 0 Å². The lowest BCUT2D eigenvalue weighted by molar-refractivity contribution is 0.0995. The molecule has 0 aliphatic rings. The van der Waals surface area contributed by atoms with E-state index in [0.717, 1.165) is 34.1 Å². The van der Waals surface area contributed by atoms with Crippen LogP contribution in [0.2, 0.25) is 0 Å². The first kappa shape index (κ1) is 17.2. The zero-order valence-corrected chi connectivity index (χ0v) is 15.8. The molecule has 4 rings (SSSR count). The number of amides is 1. The van der Waals surface area contributed by atoms with E-state index in [2.05, 4.69) is 15.3 Å². The lowest BCUT2D eigenvalue weighted by Gasteiger charge is -2.02. The Labute approximate surface area is 160 Å². The minimum Gasteiger partial charge on any atom is -0.456 e. The summed E-state index contributed by atoms with van der Waals surface area (Å²) >= 11 is 1.39. The van der Waals surface area contributed by atoms with Crippen LogP contribution in [0, 0.1) is 0 Å². The second kappa shape index (κ2) is 7.20. The van der Waals surface area contributed by atoms with Crippen molar-refractivity contribution >= 4 is 22.4 Å². The monoisotopic (exact) mass is 378 g/mol. The van der Waals surface area contributed by atoms with E-state index < -0.39 is 0 Å². The molecule has 3 heterocycles. The predicted octanol–water partition coefficient (Wildman–Crippen LogP) is 4.62. The van der Waals surface area contributed by atoms with Crippen LogP contribution in [0.3, 0.4) is 0 Å². The molecule has 27 heavy (non-hydrogen) atoms. The normalized spacial score (nSPS) is 10.9. The van der Waals surface area contributed by atoms with Gasteiger partial charge in [0.25, 0.3) is 5.91 Å². The second-order valence-corrected chi connectivity index (χ2v) is 7.00. The van der Waals surface area contributed by atoms with Crippen molar-refractivity contribution in [2.45, 2.75) is 13.3 Å². The maximum absolute atomic E-state index is 12.5. The summed E-state index contributed by atoms with van der Waals surface area (Å²) in [7, 11) is 1.93. The summed E-state index contributed by atoms with van der Waals surface area (Å²) in [5.74, 6) is 1.55. The van der Waals surface area contributed by atoms with Gasteiger partial charge in [0.2, 0.25) is 0 Å². The number of benzene rings is 1. The molecule has 0 bridgehead atoms. The Hall–Kier alpha value is -3.19. The van der Waals surface area contributed by atoms with Gasteiger partial charge in [-0.25, -0.2) is 9.97 Å². The van der Waals surface area contributed by atoms with E-state index in [1.54, 1.807) is 12.3 Å². The van der Waals surface area contributed by atoms with Crippen LogP contribution in [0.4, 0.5) is 5.13 Å². The Morgan fingerprint density at radius 3 is 2.70 bits per heavy atom. The Morgan fingerprint density at radius 1 is 1.22 bits per heavy atom. The van der Waals surface area contributed by atoms with Crippen molar-refractivity contribution in [1.29, 1.82) is 0 Å². The highest BCUT2D eigenvalue weighted by molar-refractivity contribution is 7.19. The molecule has 0 saturated carbocycles. The summed E-state index contributed by atoms with van der Waals surface area (Å²) in [6.45, 7) is 1.98. The minimum absolute atomic E-state index is 0.279. The molecule has 4 aromatic rings. The first-order chi connectivity index (χ1) is 13.2. The summed E-state index contributed by atoms with van der Waals surface area (Å²) in [4.78, 5) is 22.5. The fourth-order valence-corrected chi connectivity index (χ4v) is 3.77. The lowest BCUT2D eigenvalue weighted by Crippen LogP contribution is -2.10. The molecule has 1 N–H and O–H groups in total. The number of rotatable bonds is 5. The number of nitrogens with one attached hydrogen (secondary N) is 1. The number of carbonyl (C=O) groups is 1. The van der Waals surface area contributed by atoms with E-state index in [-0.39, 0.29) is 11.7 Å². The largest absolute Gasteiger partial charge is 0.456 e. The standard InChI is InChI=1S/C20H18N4O2S/c1-3-14-9-10-15(26-14)19(25)23-20-22-16(13-7-5-4-6-8-13)17(27-20)18-21-11-12-24(18)2/h4-12H,3H2,1-2H3,(H,22,23,25). The molecule has 0 aliphatic carbocycles. The second-order valence-electron chi connectivity index (χ2n) is 6.00. The summed E-state index contributed by atoms with van der Waals surface area (Å²) in [6, 6.07) is 13.4. The van der Waals surface area contributed by atoms with Crippen molar-refractivity contribution in [3.05, 3.63) is 66.4 Å². The molecule has 0 fully saturated rings. The molecule has 7 heteroatoms. The molecule has 0 spiro atoms. The zero-order chi connectivity index (χ0) is 18.8. The molecule has 136 valence electrons. The van der Waals surface area contributed by atoms with E-state index >= 15 is 0 Å². The average molecular weight is 378 g/mol. The van der Waals surface area contributed by atoms with Crippen LogP contribution in [0.15, 0.2) is 59.3 Å². The van der Waals surface area contributed by atoms with Gasteiger partial charge in [0.05, 0.1) is 10.6 Å². The van der Waals surface area contributed by atoms with Crippen LogP contribution in [0.25, 0.3) is 22.0 Å². The van der Waals surface area contributed by atoms with E-state index in [4.69, 9.17) is 4.42 Å². The summed E-state index contributed by atoms with van der Waals surface area (Å²) in [6.07, 6.45) is 4.38. The van der Waals surface area contributed by atoms with Crippen LogP contribution in [0.5, 0.6) is 0 Å². The molecular formula is C20H18N4O2S. The number of imidazole rings is 1. The number of aromatic nitrogens is 3. The number of carbonyl (C=O) groups excluding carboxylic acids is 1. The fourth-order valence-electron chi connectivity index (χ4n) is 2.75. The van der Waals surface area contributed by atoms with Gasteiger partial charge in [0.15, 0.2) is 16.7 Å². The molecule has 3 aromatic heterocycles. The Kier molecular flexibility index (Phi) is 4.60. The Morgan fingerprint density at radius 2 is 2.04 bits per heavy atom. The summed E-state index contributed by atoms with van der Waals surface area (Å²) in [5.41, 5.74) is 1.76. The molecule has 1 amide bonds. The molecule has 6 nitrogen and oxygen atoms in total. The first-order valence-corrected chi connectivity index (χ1v) is 9.41. The van der Waals surface area contributed by atoms with Crippen molar-refractivity contribution in [3.8, 4) is 22.0 Å². The van der Waals surface area contributed by atoms with Gasteiger partial charge in [-0.2, -0.15) is 0 Å². The molecular weight excluding hydrogens is 360 g/mol. The number of anilines is 1. The van der Waals surface area contributed by atoms with Crippen LogP contribution in [-0.4, -0.2) is 20.4 Å². The van der Waals surface area contributed by atoms with Crippen molar-refractivity contribution in [3.63, 3.8) is 0 Å². The minimum atomic E-state index is -0.311. The first-order valence-electron chi connectivity index (χ1n) is 8.59. The lowest BCUT2D eigenvalue weighted by atomic mass is 10.1. The van der Waals surface area contributed by atoms with E-state index in [9.17, 15) is 4.79 Å².